The number of nitro benzene ring substituents is 1. The molecule has 0 aromatic heterocycles. The predicted molar refractivity (Wildman–Crippen MR) is 112 cm³/mol. The van der Waals surface area contributed by atoms with Crippen molar-refractivity contribution in [3.63, 3.8) is 0 Å². The number of hydrogen-bond acceptors (Lipinski definition) is 6. The predicted octanol–water partition coefficient (Wildman–Crippen LogP) is 3.50. The highest BCUT2D eigenvalue weighted by molar-refractivity contribution is 6.46. The zero-order valence-electron chi connectivity index (χ0n) is 17.0. The largest absolute Gasteiger partial charge is 0.507 e. The van der Waals surface area contributed by atoms with Gasteiger partial charge in [-0.15, -0.1) is 0 Å². The van der Waals surface area contributed by atoms with E-state index in [4.69, 9.17) is 4.74 Å². The van der Waals surface area contributed by atoms with E-state index in [2.05, 4.69) is 0 Å². The second-order valence-electron chi connectivity index (χ2n) is 7.80. The van der Waals surface area contributed by atoms with Gasteiger partial charge in [-0.05, 0) is 37.5 Å². The first-order valence-corrected chi connectivity index (χ1v) is 10.1. The maximum absolute atomic E-state index is 13.0. The number of ether oxygens (including phenoxy) is 1. The Hall–Kier alpha value is -3.52. The number of aliphatic hydroxyl groups excluding tert-OH is 1. The van der Waals surface area contributed by atoms with Gasteiger partial charge in [0.25, 0.3) is 17.4 Å². The van der Waals surface area contributed by atoms with Crippen LogP contribution in [0.25, 0.3) is 5.76 Å². The quantitative estimate of drug-likeness (QED) is 0.260. The number of aliphatic hydroxyl groups is 1. The first kappa shape index (κ1) is 20.7. The number of benzene rings is 2. The lowest BCUT2D eigenvalue weighted by molar-refractivity contribution is -0.384. The molecule has 8 heteroatoms. The summed E-state index contributed by atoms with van der Waals surface area (Å²) < 4.78 is 5.65. The number of ketones is 1. The first-order valence-electron chi connectivity index (χ1n) is 10.1. The molecule has 0 aliphatic carbocycles. The lowest BCUT2D eigenvalue weighted by Crippen LogP contribution is -2.36. The molecule has 2 aliphatic heterocycles. The van der Waals surface area contributed by atoms with Crippen LogP contribution in [0.15, 0.2) is 54.1 Å². The highest BCUT2D eigenvalue weighted by atomic mass is 16.6. The third-order valence-electron chi connectivity index (χ3n) is 5.71. The zero-order valence-corrected chi connectivity index (χ0v) is 17.0. The van der Waals surface area contributed by atoms with Gasteiger partial charge >= 0.3 is 0 Å². The molecule has 2 fully saturated rings. The molecular formula is C23H22N2O6. The third kappa shape index (κ3) is 3.94. The summed E-state index contributed by atoms with van der Waals surface area (Å²) in [6.07, 6.45) is 1.45. The van der Waals surface area contributed by atoms with Crippen LogP contribution in [0.3, 0.4) is 0 Å². The molecule has 2 saturated heterocycles. The van der Waals surface area contributed by atoms with Gasteiger partial charge in [0.2, 0.25) is 0 Å². The van der Waals surface area contributed by atoms with E-state index in [-0.39, 0.29) is 29.7 Å². The minimum atomic E-state index is -0.855. The van der Waals surface area contributed by atoms with Crippen molar-refractivity contribution in [1.82, 2.24) is 4.90 Å². The number of rotatable bonds is 5. The number of nitrogens with zero attached hydrogens (tertiary/aromatic N) is 2. The molecule has 8 nitrogen and oxygen atoms in total. The molecule has 31 heavy (non-hydrogen) atoms. The van der Waals surface area contributed by atoms with E-state index in [0.717, 1.165) is 18.4 Å². The fraction of sp³-hybridized carbons (Fsp3) is 0.304. The fourth-order valence-corrected chi connectivity index (χ4v) is 4.07. The Kier molecular flexibility index (Phi) is 5.56. The third-order valence-corrected chi connectivity index (χ3v) is 5.71. The number of hydrogen-bond donors (Lipinski definition) is 1. The summed E-state index contributed by atoms with van der Waals surface area (Å²) in [5, 5.41) is 22.0. The monoisotopic (exact) mass is 422 g/mol. The summed E-state index contributed by atoms with van der Waals surface area (Å²) in [5.74, 6) is -1.76. The molecule has 160 valence electrons. The minimum absolute atomic E-state index is 0.0271. The van der Waals surface area contributed by atoms with Crippen molar-refractivity contribution in [2.75, 3.05) is 13.2 Å². The number of nitro groups is 1. The Bertz CT molecular complexity index is 1050. The number of non-ortho nitro benzene ring substituents is 1. The Morgan fingerprint density at radius 2 is 1.84 bits per heavy atom. The second kappa shape index (κ2) is 8.31. The van der Waals surface area contributed by atoms with Crippen molar-refractivity contribution in [3.8, 4) is 0 Å². The summed E-state index contributed by atoms with van der Waals surface area (Å²) in [5.41, 5.74) is 1.80. The van der Waals surface area contributed by atoms with Gasteiger partial charge < -0.3 is 14.7 Å². The standard InChI is InChI=1S/C23H22N2O6/c1-14-4-6-16(7-5-14)21(26)19-20(15-8-10-17(11-9-15)25(29)30)24(23(28)22(19)27)13-18-3-2-12-31-18/h4-11,18,20,26H,2-3,12-13H2,1H3/t18-,20+/m1/s1. The summed E-state index contributed by atoms with van der Waals surface area (Å²) in [4.78, 5) is 37.8. The van der Waals surface area contributed by atoms with Crippen LogP contribution in [0.4, 0.5) is 5.69 Å². The maximum Gasteiger partial charge on any atom is 0.295 e. The van der Waals surface area contributed by atoms with Gasteiger partial charge in [-0.2, -0.15) is 0 Å². The van der Waals surface area contributed by atoms with Gasteiger partial charge in [-0.3, -0.25) is 19.7 Å². The number of carbonyl (C=O) groups excluding carboxylic acids is 2. The van der Waals surface area contributed by atoms with E-state index in [1.54, 1.807) is 24.3 Å². The van der Waals surface area contributed by atoms with Crippen molar-refractivity contribution in [1.29, 1.82) is 0 Å². The molecule has 0 saturated carbocycles. The van der Waals surface area contributed by atoms with Gasteiger partial charge in [-0.1, -0.05) is 29.8 Å². The highest BCUT2D eigenvalue weighted by Crippen LogP contribution is 2.40. The first-order chi connectivity index (χ1) is 14.9. The molecule has 2 aromatic rings. The van der Waals surface area contributed by atoms with E-state index >= 15 is 0 Å². The Labute approximate surface area is 178 Å². The molecule has 2 aromatic carbocycles. The van der Waals surface area contributed by atoms with Crippen molar-refractivity contribution >= 4 is 23.1 Å². The molecule has 0 unspecified atom stereocenters. The normalized spacial score (nSPS) is 22.8. The summed E-state index contributed by atoms with van der Waals surface area (Å²) in [7, 11) is 0. The lowest BCUT2D eigenvalue weighted by atomic mass is 9.94. The van der Waals surface area contributed by atoms with Gasteiger partial charge in [-0.25, -0.2) is 0 Å². The van der Waals surface area contributed by atoms with Crippen molar-refractivity contribution in [2.24, 2.45) is 0 Å². The van der Waals surface area contributed by atoms with E-state index in [1.165, 1.54) is 29.2 Å². The molecule has 0 radical (unpaired) electrons. The van der Waals surface area contributed by atoms with Crippen LogP contribution in [0.1, 0.15) is 35.6 Å². The number of aryl methyl sites for hydroxylation is 1. The molecular weight excluding hydrogens is 400 g/mol. The van der Waals surface area contributed by atoms with Crippen LogP contribution in [0, 0.1) is 17.0 Å². The van der Waals surface area contributed by atoms with Crippen LogP contribution in [0.2, 0.25) is 0 Å². The van der Waals surface area contributed by atoms with Gasteiger partial charge in [0.1, 0.15) is 5.76 Å². The number of amides is 1. The van der Waals surface area contributed by atoms with Crippen molar-refractivity contribution in [3.05, 3.63) is 80.9 Å². The number of carbonyl (C=O) groups is 2. The van der Waals surface area contributed by atoms with E-state index in [1.807, 2.05) is 6.92 Å². The lowest BCUT2D eigenvalue weighted by Gasteiger charge is -2.27. The average Bonchev–Trinajstić information content (AvgIpc) is 3.36. The molecule has 1 N–H and O–H groups in total. The molecule has 0 bridgehead atoms. The number of likely N-dealkylation sites (tertiary alicyclic amines) is 1. The molecule has 1 amide bonds. The fourth-order valence-electron chi connectivity index (χ4n) is 4.07. The Balaban J connectivity index is 1.81. The van der Waals surface area contributed by atoms with E-state index in [9.17, 15) is 24.8 Å². The summed E-state index contributed by atoms with van der Waals surface area (Å²) in [6.45, 7) is 2.71. The topological polar surface area (TPSA) is 110 Å². The zero-order chi connectivity index (χ0) is 22.1. The van der Waals surface area contributed by atoms with E-state index in [0.29, 0.717) is 17.7 Å². The van der Waals surface area contributed by atoms with Gasteiger partial charge in [0.15, 0.2) is 0 Å². The molecule has 2 heterocycles. The Morgan fingerprint density at radius 1 is 1.16 bits per heavy atom. The second-order valence-corrected chi connectivity index (χ2v) is 7.80. The minimum Gasteiger partial charge on any atom is -0.507 e. The molecule has 2 aliphatic rings. The van der Waals surface area contributed by atoms with Gasteiger partial charge in [0, 0.05) is 30.8 Å². The molecule has 0 spiro atoms. The van der Waals surface area contributed by atoms with Crippen molar-refractivity contribution in [2.45, 2.75) is 31.9 Å². The molecule has 2 atom stereocenters. The SMILES string of the molecule is Cc1ccc(C(O)=C2C(=O)C(=O)N(C[C@H]3CCCO3)[C@H]2c2ccc([N+](=O)[O-])cc2)cc1. The van der Waals surface area contributed by atoms with Crippen LogP contribution < -0.4 is 0 Å². The van der Waals surface area contributed by atoms with Crippen LogP contribution in [-0.2, 0) is 14.3 Å². The van der Waals surface area contributed by atoms with Gasteiger partial charge in [0.05, 0.1) is 22.6 Å². The van der Waals surface area contributed by atoms with Crippen LogP contribution in [-0.4, -0.2) is 45.9 Å². The summed E-state index contributed by atoms with van der Waals surface area (Å²) in [6, 6.07) is 11.8. The number of Topliss-reactive ketones (excluding diaryl/α,β-unsaturated/α-hetero) is 1. The maximum atomic E-state index is 13.0. The van der Waals surface area contributed by atoms with E-state index < -0.39 is 22.7 Å². The summed E-state index contributed by atoms with van der Waals surface area (Å²) >= 11 is 0. The van der Waals surface area contributed by atoms with Crippen molar-refractivity contribution < 1.29 is 24.4 Å². The highest BCUT2D eigenvalue weighted by Gasteiger charge is 2.47. The van der Waals surface area contributed by atoms with Crippen LogP contribution in [0.5, 0.6) is 0 Å². The Morgan fingerprint density at radius 3 is 2.42 bits per heavy atom. The molecule has 4 rings (SSSR count). The smallest absolute Gasteiger partial charge is 0.295 e. The van der Waals surface area contributed by atoms with Crippen LogP contribution >= 0.6 is 0 Å². The average molecular weight is 422 g/mol.